The maximum absolute atomic E-state index is 13.0. The molecular formula is C15H16BrFN2O. The summed E-state index contributed by atoms with van der Waals surface area (Å²) in [4.78, 5) is 12.5. The van der Waals surface area contributed by atoms with Crippen molar-refractivity contribution in [3.05, 3.63) is 28.5 Å². The van der Waals surface area contributed by atoms with Crippen LogP contribution in [0.15, 0.2) is 22.7 Å². The highest BCUT2D eigenvalue weighted by atomic mass is 79.9. The first-order valence-corrected chi connectivity index (χ1v) is 7.54. The Balaban J connectivity index is 2.19. The van der Waals surface area contributed by atoms with Crippen LogP contribution in [0.1, 0.15) is 38.5 Å². The van der Waals surface area contributed by atoms with Gasteiger partial charge in [-0.25, -0.2) is 4.39 Å². The van der Waals surface area contributed by atoms with Crippen LogP contribution in [-0.4, -0.2) is 5.91 Å². The second-order valence-corrected chi connectivity index (χ2v) is 6.04. The van der Waals surface area contributed by atoms with Gasteiger partial charge in [-0.3, -0.25) is 4.79 Å². The number of amides is 1. The molecule has 3 nitrogen and oxygen atoms in total. The van der Waals surface area contributed by atoms with E-state index in [-0.39, 0.29) is 11.7 Å². The molecule has 1 amide bonds. The van der Waals surface area contributed by atoms with Crippen molar-refractivity contribution in [1.82, 2.24) is 0 Å². The summed E-state index contributed by atoms with van der Waals surface area (Å²) in [7, 11) is 0. The number of hydrogen-bond donors (Lipinski definition) is 1. The summed E-state index contributed by atoms with van der Waals surface area (Å²) in [5.74, 6) is -0.659. The molecule has 0 radical (unpaired) electrons. The van der Waals surface area contributed by atoms with Crippen LogP contribution in [0, 0.1) is 22.6 Å². The van der Waals surface area contributed by atoms with Crippen molar-refractivity contribution in [2.45, 2.75) is 38.5 Å². The van der Waals surface area contributed by atoms with E-state index in [0.29, 0.717) is 23.0 Å². The van der Waals surface area contributed by atoms with E-state index in [2.05, 4.69) is 27.3 Å². The fraction of sp³-hybridized carbons (Fsp3) is 0.467. The van der Waals surface area contributed by atoms with Crippen molar-refractivity contribution in [3.8, 4) is 6.07 Å². The average Bonchev–Trinajstić information content (AvgIpc) is 2.68. The van der Waals surface area contributed by atoms with E-state index >= 15 is 0 Å². The van der Waals surface area contributed by atoms with Crippen LogP contribution in [0.25, 0.3) is 0 Å². The van der Waals surface area contributed by atoms with Crippen molar-refractivity contribution in [2.75, 3.05) is 5.32 Å². The minimum Gasteiger partial charge on any atom is -0.324 e. The lowest BCUT2D eigenvalue weighted by atomic mass is 9.81. The molecule has 0 atom stereocenters. The second-order valence-electron chi connectivity index (χ2n) is 5.19. The summed E-state index contributed by atoms with van der Waals surface area (Å²) < 4.78 is 13.5. The highest BCUT2D eigenvalue weighted by molar-refractivity contribution is 9.10. The molecule has 0 unspecified atom stereocenters. The third kappa shape index (κ3) is 3.18. The Morgan fingerprint density at radius 3 is 2.50 bits per heavy atom. The molecule has 0 heterocycles. The normalized spacial score (nSPS) is 17.9. The lowest BCUT2D eigenvalue weighted by molar-refractivity contribution is -0.123. The van der Waals surface area contributed by atoms with Gasteiger partial charge in [0.1, 0.15) is 11.2 Å². The molecule has 0 saturated heterocycles. The van der Waals surface area contributed by atoms with Gasteiger partial charge in [0.25, 0.3) is 0 Å². The highest BCUT2D eigenvalue weighted by Gasteiger charge is 2.39. The largest absolute Gasteiger partial charge is 0.324 e. The Hall–Kier alpha value is -1.41. The van der Waals surface area contributed by atoms with Gasteiger partial charge in [-0.15, -0.1) is 0 Å². The van der Waals surface area contributed by atoms with Crippen molar-refractivity contribution < 1.29 is 9.18 Å². The van der Waals surface area contributed by atoms with Gasteiger partial charge in [0.05, 0.1) is 11.8 Å². The molecule has 5 heteroatoms. The van der Waals surface area contributed by atoms with Crippen molar-refractivity contribution >= 4 is 27.5 Å². The van der Waals surface area contributed by atoms with Gasteiger partial charge < -0.3 is 5.32 Å². The minimum atomic E-state index is -0.954. The van der Waals surface area contributed by atoms with Crippen LogP contribution in [0.2, 0.25) is 0 Å². The Kier molecular flexibility index (Phi) is 4.77. The quantitative estimate of drug-likeness (QED) is 0.813. The molecule has 1 aromatic carbocycles. The van der Waals surface area contributed by atoms with Gasteiger partial charge in [0, 0.05) is 4.47 Å². The van der Waals surface area contributed by atoms with E-state index in [1.807, 2.05) is 0 Å². The number of rotatable bonds is 2. The molecule has 0 aliphatic heterocycles. The standard InChI is InChI=1S/C15H16BrFN2O/c16-12-9-11(17)5-6-13(12)19-14(20)15(10-18)7-3-1-2-4-8-15/h5-6,9H,1-4,7-8H2,(H,19,20). The van der Waals surface area contributed by atoms with Gasteiger partial charge in [-0.2, -0.15) is 5.26 Å². The fourth-order valence-corrected chi connectivity index (χ4v) is 3.00. The molecule has 2 rings (SSSR count). The van der Waals surface area contributed by atoms with Crippen LogP contribution >= 0.6 is 15.9 Å². The van der Waals surface area contributed by atoms with Gasteiger partial charge in [-0.05, 0) is 47.0 Å². The molecule has 0 bridgehead atoms. The predicted octanol–water partition coefficient (Wildman–Crippen LogP) is 4.39. The number of nitriles is 1. The number of hydrogen-bond acceptors (Lipinski definition) is 2. The summed E-state index contributed by atoms with van der Waals surface area (Å²) in [6, 6.07) is 6.28. The van der Waals surface area contributed by atoms with Crippen LogP contribution in [0.5, 0.6) is 0 Å². The second kappa shape index (κ2) is 6.36. The molecule has 106 valence electrons. The fourth-order valence-electron chi connectivity index (χ4n) is 2.55. The molecule has 0 spiro atoms. The lowest BCUT2D eigenvalue weighted by Gasteiger charge is -2.23. The number of anilines is 1. The number of nitrogens with zero attached hydrogens (tertiary/aromatic N) is 1. The third-order valence-electron chi connectivity index (χ3n) is 3.79. The Labute approximate surface area is 126 Å². The van der Waals surface area contributed by atoms with Gasteiger partial charge >= 0.3 is 0 Å². The van der Waals surface area contributed by atoms with Gasteiger partial charge in [0.15, 0.2) is 0 Å². The first-order valence-electron chi connectivity index (χ1n) is 6.75. The summed E-state index contributed by atoms with van der Waals surface area (Å²) in [5.41, 5.74) is -0.458. The van der Waals surface area contributed by atoms with Crippen LogP contribution in [0.4, 0.5) is 10.1 Å². The van der Waals surface area contributed by atoms with E-state index < -0.39 is 5.41 Å². The van der Waals surface area contributed by atoms with Crippen molar-refractivity contribution in [2.24, 2.45) is 5.41 Å². The third-order valence-corrected chi connectivity index (χ3v) is 4.44. The zero-order chi connectivity index (χ0) is 14.6. The van der Waals surface area contributed by atoms with E-state index in [9.17, 15) is 14.4 Å². The lowest BCUT2D eigenvalue weighted by Crippen LogP contribution is -2.34. The summed E-state index contributed by atoms with van der Waals surface area (Å²) in [6.45, 7) is 0. The van der Waals surface area contributed by atoms with E-state index in [0.717, 1.165) is 25.7 Å². The number of nitrogens with one attached hydrogen (secondary N) is 1. The van der Waals surface area contributed by atoms with Crippen LogP contribution < -0.4 is 5.32 Å². The number of benzene rings is 1. The molecular weight excluding hydrogens is 323 g/mol. The zero-order valence-corrected chi connectivity index (χ0v) is 12.7. The Morgan fingerprint density at radius 1 is 1.30 bits per heavy atom. The molecule has 1 aromatic rings. The number of halogens is 2. The molecule has 1 aliphatic rings. The predicted molar refractivity (Wildman–Crippen MR) is 78.5 cm³/mol. The SMILES string of the molecule is N#CC1(C(=O)Nc2ccc(F)cc2Br)CCCCCC1. The number of carbonyl (C=O) groups is 1. The molecule has 1 aliphatic carbocycles. The Bertz CT molecular complexity index is 545. The number of carbonyl (C=O) groups excluding carboxylic acids is 1. The first-order chi connectivity index (χ1) is 9.57. The van der Waals surface area contributed by atoms with E-state index in [1.54, 1.807) is 0 Å². The maximum Gasteiger partial charge on any atom is 0.244 e. The van der Waals surface area contributed by atoms with Gasteiger partial charge in [-0.1, -0.05) is 25.7 Å². The smallest absolute Gasteiger partial charge is 0.244 e. The maximum atomic E-state index is 13.0. The molecule has 1 saturated carbocycles. The van der Waals surface area contributed by atoms with Crippen molar-refractivity contribution in [1.29, 1.82) is 5.26 Å². The summed E-state index contributed by atoms with van der Waals surface area (Å²) in [5, 5.41) is 12.2. The van der Waals surface area contributed by atoms with E-state index in [4.69, 9.17) is 0 Å². The molecule has 20 heavy (non-hydrogen) atoms. The molecule has 1 fully saturated rings. The van der Waals surface area contributed by atoms with E-state index in [1.165, 1.54) is 18.2 Å². The van der Waals surface area contributed by atoms with Crippen LogP contribution in [-0.2, 0) is 4.79 Å². The average molecular weight is 339 g/mol. The topological polar surface area (TPSA) is 52.9 Å². The Morgan fingerprint density at radius 2 is 1.95 bits per heavy atom. The van der Waals surface area contributed by atoms with Crippen molar-refractivity contribution in [3.63, 3.8) is 0 Å². The summed E-state index contributed by atoms with van der Waals surface area (Å²) >= 11 is 3.22. The van der Waals surface area contributed by atoms with Crippen LogP contribution in [0.3, 0.4) is 0 Å². The monoisotopic (exact) mass is 338 g/mol. The highest BCUT2D eigenvalue weighted by Crippen LogP contribution is 2.36. The molecule has 0 aromatic heterocycles. The first kappa shape index (κ1) is 15.0. The van der Waals surface area contributed by atoms with Gasteiger partial charge in [0.2, 0.25) is 5.91 Å². The zero-order valence-electron chi connectivity index (χ0n) is 11.1. The summed E-state index contributed by atoms with van der Waals surface area (Å²) in [6.07, 6.45) is 5.10. The minimum absolute atomic E-state index is 0.283. The molecule has 1 N–H and O–H groups in total.